The Kier molecular flexibility index (Phi) is 7.60. The average molecular weight is 317 g/mol. The van der Waals surface area contributed by atoms with Crippen molar-refractivity contribution in [1.82, 2.24) is 4.90 Å². The van der Waals surface area contributed by atoms with Gasteiger partial charge in [-0.15, -0.1) is 0 Å². The zero-order valence-electron chi connectivity index (χ0n) is 14.7. The molecule has 1 aliphatic heterocycles. The number of hydrogen-bond donors (Lipinski definition) is 0. The number of nitrogens with zero attached hydrogens (tertiary/aromatic N) is 1. The molecule has 23 heavy (non-hydrogen) atoms. The fourth-order valence-corrected chi connectivity index (χ4v) is 3.33. The topological polar surface area (TPSA) is 29.5 Å². The number of esters is 1. The first-order chi connectivity index (χ1) is 11.2. The van der Waals surface area contributed by atoms with Crippen LogP contribution in [0, 0.1) is 5.92 Å². The minimum absolute atomic E-state index is 0.0656. The number of hydrogen-bond acceptors (Lipinski definition) is 3. The van der Waals surface area contributed by atoms with E-state index in [0.717, 1.165) is 24.9 Å². The van der Waals surface area contributed by atoms with Gasteiger partial charge in [0.25, 0.3) is 0 Å². The molecule has 1 saturated heterocycles. The molecule has 0 aromatic heterocycles. The lowest BCUT2D eigenvalue weighted by Gasteiger charge is -2.26. The fourth-order valence-electron chi connectivity index (χ4n) is 3.33. The van der Waals surface area contributed by atoms with Crippen LogP contribution in [0.5, 0.6) is 0 Å². The zero-order chi connectivity index (χ0) is 16.5. The summed E-state index contributed by atoms with van der Waals surface area (Å²) in [5.41, 5.74) is 1.07. The van der Waals surface area contributed by atoms with Crippen molar-refractivity contribution in [3.8, 4) is 0 Å². The van der Waals surface area contributed by atoms with E-state index in [4.69, 9.17) is 4.74 Å². The number of piperidine rings is 1. The second kappa shape index (κ2) is 9.71. The zero-order valence-corrected chi connectivity index (χ0v) is 14.7. The molecule has 0 amide bonds. The maximum atomic E-state index is 12.6. The molecule has 1 aliphatic rings. The van der Waals surface area contributed by atoms with Crippen molar-refractivity contribution in [2.45, 2.75) is 51.9 Å². The van der Waals surface area contributed by atoms with Gasteiger partial charge in [-0.3, -0.25) is 4.79 Å². The van der Waals surface area contributed by atoms with Gasteiger partial charge in [-0.25, -0.2) is 0 Å². The van der Waals surface area contributed by atoms with E-state index in [0.29, 0.717) is 12.5 Å². The lowest BCUT2D eigenvalue weighted by Crippen LogP contribution is -2.31. The van der Waals surface area contributed by atoms with Crippen LogP contribution in [-0.4, -0.2) is 37.1 Å². The quantitative estimate of drug-likeness (QED) is 0.530. The average Bonchev–Trinajstić information content (AvgIpc) is 2.60. The van der Waals surface area contributed by atoms with Crippen LogP contribution in [0.15, 0.2) is 30.3 Å². The van der Waals surface area contributed by atoms with Gasteiger partial charge in [-0.05, 0) is 43.8 Å². The Morgan fingerprint density at radius 3 is 2.52 bits per heavy atom. The first-order valence-corrected chi connectivity index (χ1v) is 9.16. The minimum atomic E-state index is -0.142. The molecule has 0 saturated carbocycles. The highest BCUT2D eigenvalue weighted by molar-refractivity contribution is 5.78. The molecule has 2 atom stereocenters. The first kappa shape index (κ1) is 18.0. The molecule has 0 radical (unpaired) electrons. The van der Waals surface area contributed by atoms with Crippen LogP contribution in [0.1, 0.15) is 57.4 Å². The molecule has 1 heterocycles. The summed E-state index contributed by atoms with van der Waals surface area (Å²) in [4.78, 5) is 15.0. The van der Waals surface area contributed by atoms with Gasteiger partial charge < -0.3 is 9.64 Å². The molecule has 0 aliphatic carbocycles. The van der Waals surface area contributed by atoms with Crippen molar-refractivity contribution >= 4 is 5.97 Å². The summed E-state index contributed by atoms with van der Waals surface area (Å²) in [5.74, 6) is 0.0902. The molecule has 0 bridgehead atoms. The van der Waals surface area contributed by atoms with E-state index < -0.39 is 0 Å². The highest BCUT2D eigenvalue weighted by Crippen LogP contribution is 2.28. The summed E-state index contributed by atoms with van der Waals surface area (Å²) in [6.07, 6.45) is 5.89. The predicted molar refractivity (Wildman–Crippen MR) is 94.5 cm³/mol. The Balaban J connectivity index is 1.81. The second-order valence-corrected chi connectivity index (χ2v) is 6.70. The van der Waals surface area contributed by atoms with E-state index in [1.807, 2.05) is 30.3 Å². The standard InChI is InChI=1S/C20H31NO2/c1-3-17(2)19(18-11-6-4-7-12-18)20(22)23-16-10-15-21-13-8-5-9-14-21/h4,6-7,11-12,17,19H,3,5,8-10,13-16H2,1-2H3. The number of carbonyl (C=O) groups is 1. The van der Waals surface area contributed by atoms with Gasteiger partial charge in [0, 0.05) is 6.54 Å². The lowest BCUT2D eigenvalue weighted by molar-refractivity contribution is -0.147. The third-order valence-electron chi connectivity index (χ3n) is 4.94. The van der Waals surface area contributed by atoms with Crippen LogP contribution in [-0.2, 0) is 9.53 Å². The fraction of sp³-hybridized carbons (Fsp3) is 0.650. The van der Waals surface area contributed by atoms with Crippen LogP contribution < -0.4 is 0 Å². The van der Waals surface area contributed by atoms with E-state index >= 15 is 0 Å². The van der Waals surface area contributed by atoms with E-state index in [-0.39, 0.29) is 11.9 Å². The Morgan fingerprint density at radius 1 is 1.17 bits per heavy atom. The first-order valence-electron chi connectivity index (χ1n) is 9.16. The molecule has 0 spiro atoms. The van der Waals surface area contributed by atoms with Gasteiger partial charge in [0.05, 0.1) is 12.5 Å². The Hall–Kier alpha value is -1.35. The third-order valence-corrected chi connectivity index (χ3v) is 4.94. The summed E-state index contributed by atoms with van der Waals surface area (Å²) < 4.78 is 5.61. The maximum absolute atomic E-state index is 12.6. The number of benzene rings is 1. The van der Waals surface area contributed by atoms with Crippen LogP contribution >= 0.6 is 0 Å². The molecular formula is C20H31NO2. The van der Waals surface area contributed by atoms with Crippen LogP contribution in [0.25, 0.3) is 0 Å². The van der Waals surface area contributed by atoms with E-state index in [1.54, 1.807) is 0 Å². The van der Waals surface area contributed by atoms with Gasteiger partial charge in [0.1, 0.15) is 0 Å². The number of likely N-dealkylation sites (tertiary alicyclic amines) is 1. The highest BCUT2D eigenvalue weighted by atomic mass is 16.5. The monoisotopic (exact) mass is 317 g/mol. The molecular weight excluding hydrogens is 286 g/mol. The van der Waals surface area contributed by atoms with E-state index in [2.05, 4.69) is 18.7 Å². The van der Waals surface area contributed by atoms with Crippen molar-refractivity contribution in [3.63, 3.8) is 0 Å². The van der Waals surface area contributed by atoms with E-state index in [1.165, 1.54) is 32.4 Å². The molecule has 128 valence electrons. The molecule has 3 heteroatoms. The van der Waals surface area contributed by atoms with Gasteiger partial charge in [0.15, 0.2) is 0 Å². The van der Waals surface area contributed by atoms with Crippen LogP contribution in [0.4, 0.5) is 0 Å². The van der Waals surface area contributed by atoms with E-state index in [9.17, 15) is 4.79 Å². The Morgan fingerprint density at radius 2 is 1.87 bits per heavy atom. The molecule has 2 rings (SSSR count). The van der Waals surface area contributed by atoms with Crippen LogP contribution in [0.2, 0.25) is 0 Å². The second-order valence-electron chi connectivity index (χ2n) is 6.70. The van der Waals surface area contributed by atoms with Crippen molar-refractivity contribution < 1.29 is 9.53 Å². The molecule has 0 N–H and O–H groups in total. The smallest absolute Gasteiger partial charge is 0.313 e. The predicted octanol–water partition coefficient (Wildman–Crippen LogP) is 4.24. The highest BCUT2D eigenvalue weighted by Gasteiger charge is 2.27. The van der Waals surface area contributed by atoms with Crippen molar-refractivity contribution in [2.75, 3.05) is 26.2 Å². The minimum Gasteiger partial charge on any atom is -0.465 e. The molecule has 2 unspecified atom stereocenters. The third kappa shape index (κ3) is 5.65. The number of ether oxygens (including phenoxy) is 1. The summed E-state index contributed by atoms with van der Waals surface area (Å²) >= 11 is 0. The summed E-state index contributed by atoms with van der Waals surface area (Å²) in [7, 11) is 0. The number of rotatable bonds is 8. The largest absolute Gasteiger partial charge is 0.465 e. The van der Waals surface area contributed by atoms with Gasteiger partial charge in [-0.1, -0.05) is 57.0 Å². The molecule has 3 nitrogen and oxygen atoms in total. The molecule has 1 fully saturated rings. The summed E-state index contributed by atoms with van der Waals surface area (Å²) in [6.45, 7) is 8.25. The Bertz CT molecular complexity index is 454. The summed E-state index contributed by atoms with van der Waals surface area (Å²) in [5, 5.41) is 0. The van der Waals surface area contributed by atoms with Gasteiger partial charge >= 0.3 is 5.97 Å². The van der Waals surface area contributed by atoms with Crippen molar-refractivity contribution in [2.24, 2.45) is 5.92 Å². The van der Waals surface area contributed by atoms with Gasteiger partial charge in [0.2, 0.25) is 0 Å². The number of carbonyl (C=O) groups excluding carboxylic acids is 1. The normalized spacial score (nSPS) is 18.3. The SMILES string of the molecule is CCC(C)C(C(=O)OCCCN1CCCCC1)c1ccccc1. The molecule has 1 aromatic rings. The lowest BCUT2D eigenvalue weighted by atomic mass is 9.86. The summed E-state index contributed by atoms with van der Waals surface area (Å²) in [6, 6.07) is 10.0. The van der Waals surface area contributed by atoms with Crippen LogP contribution in [0.3, 0.4) is 0 Å². The van der Waals surface area contributed by atoms with Gasteiger partial charge in [-0.2, -0.15) is 0 Å². The van der Waals surface area contributed by atoms with Crippen molar-refractivity contribution in [3.05, 3.63) is 35.9 Å². The Labute approximate surface area is 141 Å². The van der Waals surface area contributed by atoms with Crippen molar-refractivity contribution in [1.29, 1.82) is 0 Å². The maximum Gasteiger partial charge on any atom is 0.313 e. The molecule has 1 aromatic carbocycles.